The standard InChI is InChI=1S/C34H68O4/c1-3-5-7-9-11-12-13-14-15-16-17-18-19-20-21-22-23-25-27-29-34(36)38-33(31-35)32-37-30-28-26-24-10-8-6-4-2/h33,35H,3-32H2,1-2H3. The van der Waals surface area contributed by atoms with Crippen LogP contribution in [-0.2, 0) is 14.3 Å². The van der Waals surface area contributed by atoms with Gasteiger partial charge in [-0.2, -0.15) is 0 Å². The van der Waals surface area contributed by atoms with Gasteiger partial charge in [0, 0.05) is 13.0 Å². The Hall–Kier alpha value is -0.610. The number of hydrogen-bond donors (Lipinski definition) is 1. The van der Waals surface area contributed by atoms with Gasteiger partial charge in [0.25, 0.3) is 0 Å². The molecule has 4 nitrogen and oxygen atoms in total. The van der Waals surface area contributed by atoms with E-state index in [2.05, 4.69) is 13.8 Å². The van der Waals surface area contributed by atoms with Crippen LogP contribution in [0.4, 0.5) is 0 Å². The van der Waals surface area contributed by atoms with Gasteiger partial charge in [-0.15, -0.1) is 0 Å². The van der Waals surface area contributed by atoms with Gasteiger partial charge < -0.3 is 14.6 Å². The SMILES string of the molecule is CCCCCCCCCCCCCCCCCCCCCC(=O)OC(CO)COCCCCCCCCC. The lowest BCUT2D eigenvalue weighted by Crippen LogP contribution is -2.27. The van der Waals surface area contributed by atoms with Gasteiger partial charge in [0.05, 0.1) is 13.2 Å². The lowest BCUT2D eigenvalue weighted by molar-refractivity contribution is -0.154. The predicted molar refractivity (Wildman–Crippen MR) is 164 cm³/mol. The highest BCUT2D eigenvalue weighted by Gasteiger charge is 2.13. The summed E-state index contributed by atoms with van der Waals surface area (Å²) in [6.45, 7) is 5.34. The summed E-state index contributed by atoms with van der Waals surface area (Å²) in [5.74, 6) is -0.199. The predicted octanol–water partition coefficient (Wildman–Crippen LogP) is 10.5. The monoisotopic (exact) mass is 541 g/mol. The molecule has 0 amide bonds. The molecule has 0 aliphatic rings. The van der Waals surface area contributed by atoms with E-state index in [1.54, 1.807) is 0 Å². The van der Waals surface area contributed by atoms with E-state index in [-0.39, 0.29) is 12.6 Å². The van der Waals surface area contributed by atoms with Gasteiger partial charge in [-0.3, -0.25) is 4.79 Å². The maximum absolute atomic E-state index is 12.1. The lowest BCUT2D eigenvalue weighted by atomic mass is 10.0. The van der Waals surface area contributed by atoms with Gasteiger partial charge in [0.15, 0.2) is 0 Å². The maximum Gasteiger partial charge on any atom is 0.306 e. The number of rotatable bonds is 32. The fourth-order valence-corrected chi connectivity index (χ4v) is 5.09. The summed E-state index contributed by atoms with van der Waals surface area (Å²) >= 11 is 0. The van der Waals surface area contributed by atoms with E-state index in [0.717, 1.165) is 19.3 Å². The van der Waals surface area contributed by atoms with Gasteiger partial charge in [0.1, 0.15) is 6.10 Å². The highest BCUT2D eigenvalue weighted by molar-refractivity contribution is 5.69. The van der Waals surface area contributed by atoms with Crippen LogP contribution in [0.5, 0.6) is 0 Å². The van der Waals surface area contributed by atoms with Crippen molar-refractivity contribution in [3.63, 3.8) is 0 Å². The molecule has 228 valence electrons. The number of esters is 1. The molecule has 1 N–H and O–H groups in total. The van der Waals surface area contributed by atoms with Crippen LogP contribution in [0.3, 0.4) is 0 Å². The van der Waals surface area contributed by atoms with Gasteiger partial charge in [0.2, 0.25) is 0 Å². The third-order valence-electron chi connectivity index (χ3n) is 7.68. The first kappa shape index (κ1) is 37.4. The van der Waals surface area contributed by atoms with Crippen LogP contribution in [0.25, 0.3) is 0 Å². The molecule has 1 atom stereocenters. The zero-order chi connectivity index (χ0) is 27.8. The van der Waals surface area contributed by atoms with Gasteiger partial charge in [-0.05, 0) is 12.8 Å². The van der Waals surface area contributed by atoms with Crippen molar-refractivity contribution < 1.29 is 19.4 Å². The molecule has 4 heteroatoms. The molecule has 0 bridgehead atoms. The van der Waals surface area contributed by atoms with E-state index in [1.165, 1.54) is 148 Å². The van der Waals surface area contributed by atoms with Crippen molar-refractivity contribution in [3.8, 4) is 0 Å². The Balaban J connectivity index is 3.34. The molecule has 0 rings (SSSR count). The van der Waals surface area contributed by atoms with Crippen LogP contribution in [0.2, 0.25) is 0 Å². The van der Waals surface area contributed by atoms with E-state index >= 15 is 0 Å². The summed E-state index contributed by atoms with van der Waals surface area (Å²) in [7, 11) is 0. The van der Waals surface area contributed by atoms with E-state index in [9.17, 15) is 9.90 Å². The molecule has 0 saturated heterocycles. The van der Waals surface area contributed by atoms with Crippen molar-refractivity contribution in [2.75, 3.05) is 19.8 Å². The molecule has 0 fully saturated rings. The lowest BCUT2D eigenvalue weighted by Gasteiger charge is -2.15. The Morgan fingerprint density at radius 3 is 1.24 bits per heavy atom. The molecule has 0 aromatic rings. The maximum atomic E-state index is 12.1. The zero-order valence-corrected chi connectivity index (χ0v) is 26.0. The van der Waals surface area contributed by atoms with Crippen LogP contribution in [0.1, 0.15) is 187 Å². The number of aliphatic hydroxyl groups excluding tert-OH is 1. The van der Waals surface area contributed by atoms with Crippen molar-refractivity contribution in [3.05, 3.63) is 0 Å². The number of carbonyl (C=O) groups is 1. The smallest absolute Gasteiger partial charge is 0.306 e. The van der Waals surface area contributed by atoms with Gasteiger partial charge >= 0.3 is 5.97 Å². The summed E-state index contributed by atoms with van der Waals surface area (Å²) in [6, 6.07) is 0. The Morgan fingerprint density at radius 1 is 0.526 bits per heavy atom. The minimum Gasteiger partial charge on any atom is -0.457 e. The molecule has 0 aliphatic carbocycles. The Bertz CT molecular complexity index is 454. The Kier molecular flexibility index (Phi) is 32.1. The minimum atomic E-state index is -0.521. The molecular weight excluding hydrogens is 472 g/mol. The number of carbonyl (C=O) groups excluding carboxylic acids is 1. The first-order valence-corrected chi connectivity index (χ1v) is 17.1. The molecule has 0 saturated carbocycles. The molecular formula is C34H68O4. The summed E-state index contributed by atoms with van der Waals surface area (Å²) in [6.07, 6.45) is 34.3. The summed E-state index contributed by atoms with van der Waals surface area (Å²) in [5.41, 5.74) is 0. The average Bonchev–Trinajstić information content (AvgIpc) is 2.92. The second-order valence-electron chi connectivity index (χ2n) is 11.6. The summed E-state index contributed by atoms with van der Waals surface area (Å²) < 4.78 is 11.0. The topological polar surface area (TPSA) is 55.8 Å². The van der Waals surface area contributed by atoms with E-state index < -0.39 is 6.10 Å². The van der Waals surface area contributed by atoms with Crippen LogP contribution in [-0.4, -0.2) is 37.0 Å². The zero-order valence-electron chi connectivity index (χ0n) is 26.0. The first-order chi connectivity index (χ1) is 18.7. The molecule has 0 radical (unpaired) electrons. The molecule has 0 aromatic carbocycles. The highest BCUT2D eigenvalue weighted by atomic mass is 16.6. The van der Waals surface area contributed by atoms with Crippen molar-refractivity contribution in [1.82, 2.24) is 0 Å². The quantitative estimate of drug-likeness (QED) is 0.0681. The molecule has 0 aliphatic heterocycles. The Morgan fingerprint density at radius 2 is 0.868 bits per heavy atom. The van der Waals surface area contributed by atoms with Crippen LogP contribution < -0.4 is 0 Å². The van der Waals surface area contributed by atoms with Crippen LogP contribution >= 0.6 is 0 Å². The average molecular weight is 541 g/mol. The highest BCUT2D eigenvalue weighted by Crippen LogP contribution is 2.15. The third kappa shape index (κ3) is 29.9. The van der Waals surface area contributed by atoms with Crippen molar-refractivity contribution in [1.29, 1.82) is 0 Å². The fourth-order valence-electron chi connectivity index (χ4n) is 5.09. The number of aliphatic hydroxyl groups is 1. The van der Waals surface area contributed by atoms with Crippen molar-refractivity contribution in [2.45, 2.75) is 193 Å². The number of hydrogen-bond acceptors (Lipinski definition) is 4. The first-order valence-electron chi connectivity index (χ1n) is 17.1. The van der Waals surface area contributed by atoms with Crippen LogP contribution in [0.15, 0.2) is 0 Å². The number of unbranched alkanes of at least 4 members (excludes halogenated alkanes) is 24. The second-order valence-corrected chi connectivity index (χ2v) is 11.6. The molecule has 0 heterocycles. The molecule has 0 aromatic heterocycles. The van der Waals surface area contributed by atoms with Crippen molar-refractivity contribution >= 4 is 5.97 Å². The summed E-state index contributed by atoms with van der Waals surface area (Å²) in [4.78, 5) is 12.1. The normalized spacial score (nSPS) is 12.2. The Labute approximate surface area is 238 Å². The van der Waals surface area contributed by atoms with Gasteiger partial charge in [-0.25, -0.2) is 0 Å². The second kappa shape index (κ2) is 32.6. The molecule has 1 unspecified atom stereocenters. The van der Waals surface area contributed by atoms with Crippen LogP contribution in [0, 0.1) is 0 Å². The van der Waals surface area contributed by atoms with Crippen molar-refractivity contribution in [2.24, 2.45) is 0 Å². The summed E-state index contributed by atoms with van der Waals surface area (Å²) in [5, 5.41) is 9.48. The third-order valence-corrected chi connectivity index (χ3v) is 7.68. The number of ether oxygens (including phenoxy) is 2. The largest absolute Gasteiger partial charge is 0.457 e. The fraction of sp³-hybridized carbons (Fsp3) is 0.971. The van der Waals surface area contributed by atoms with E-state index in [1.807, 2.05) is 0 Å². The van der Waals surface area contributed by atoms with Gasteiger partial charge in [-0.1, -0.05) is 168 Å². The van der Waals surface area contributed by atoms with E-state index in [0.29, 0.717) is 19.6 Å². The molecule has 0 spiro atoms. The minimum absolute atomic E-state index is 0.165. The van der Waals surface area contributed by atoms with E-state index in [4.69, 9.17) is 9.47 Å². The molecule has 38 heavy (non-hydrogen) atoms.